The molecule has 0 atom stereocenters. The summed E-state index contributed by atoms with van der Waals surface area (Å²) in [7, 11) is 5.72. The van der Waals surface area contributed by atoms with E-state index in [2.05, 4.69) is 19.9 Å². The molecule has 2 radical (unpaired) electrons. The van der Waals surface area contributed by atoms with E-state index in [9.17, 15) is 0 Å². The first-order valence-corrected chi connectivity index (χ1v) is 5.55. The lowest BCUT2D eigenvalue weighted by atomic mass is 10.1. The topological polar surface area (TPSA) is 51.1 Å². The molecule has 1 saturated heterocycles. The molecule has 84 valence electrons. The third kappa shape index (κ3) is 1.96. The van der Waals surface area contributed by atoms with E-state index in [0.29, 0.717) is 13.2 Å². The maximum absolute atomic E-state index is 5.72. The van der Waals surface area contributed by atoms with Crippen molar-refractivity contribution in [3.8, 4) is 0 Å². The van der Waals surface area contributed by atoms with E-state index in [1.807, 2.05) is 12.1 Å². The highest BCUT2D eigenvalue weighted by molar-refractivity contribution is 6.29. The number of hydrogen-bond acceptors (Lipinski definition) is 5. The van der Waals surface area contributed by atoms with Crippen molar-refractivity contribution in [1.29, 1.82) is 0 Å². The standard InChI is InChI=1S/C11H11BN4O/c12-11-14-8-2-1-3-13-9(8)10(15-11)16-4-6-17-7-5-16/h1-3H,4-7H2. The average molecular weight is 226 g/mol. The summed E-state index contributed by atoms with van der Waals surface area (Å²) in [6, 6.07) is 3.74. The van der Waals surface area contributed by atoms with Gasteiger partial charge in [0, 0.05) is 19.3 Å². The number of fused-ring (bicyclic) bond motifs is 1. The summed E-state index contributed by atoms with van der Waals surface area (Å²) in [5, 5.41) is 0. The Morgan fingerprint density at radius 2 is 2.06 bits per heavy atom. The molecule has 3 heterocycles. The monoisotopic (exact) mass is 226 g/mol. The summed E-state index contributed by atoms with van der Waals surface area (Å²) in [6.45, 7) is 3.03. The molecular weight excluding hydrogens is 215 g/mol. The summed E-state index contributed by atoms with van der Waals surface area (Å²) in [4.78, 5) is 14.9. The lowest BCUT2D eigenvalue weighted by Gasteiger charge is -2.28. The summed E-state index contributed by atoms with van der Waals surface area (Å²) in [5.41, 5.74) is 1.86. The molecule has 0 saturated carbocycles. The lowest BCUT2D eigenvalue weighted by molar-refractivity contribution is 0.122. The Morgan fingerprint density at radius 3 is 2.88 bits per heavy atom. The lowest BCUT2D eigenvalue weighted by Crippen LogP contribution is -2.38. The molecule has 0 spiro atoms. The molecule has 1 aliphatic heterocycles. The van der Waals surface area contributed by atoms with Gasteiger partial charge in [-0.15, -0.1) is 0 Å². The average Bonchev–Trinajstić information content (AvgIpc) is 2.39. The van der Waals surface area contributed by atoms with Crippen LogP contribution in [0.5, 0.6) is 0 Å². The molecule has 17 heavy (non-hydrogen) atoms. The Bertz CT molecular complexity index is 542. The number of ether oxygens (including phenoxy) is 1. The molecule has 2 aromatic heterocycles. The Labute approximate surface area is 100 Å². The van der Waals surface area contributed by atoms with Crippen LogP contribution in [0, 0.1) is 0 Å². The van der Waals surface area contributed by atoms with Gasteiger partial charge in [0.2, 0.25) is 0 Å². The SMILES string of the molecule is [B]c1nc(N2CCOCC2)c2ncccc2n1. The number of aromatic nitrogens is 3. The number of hydrogen-bond donors (Lipinski definition) is 0. The minimum atomic E-state index is 0.284. The Hall–Kier alpha value is -1.69. The van der Waals surface area contributed by atoms with E-state index < -0.39 is 0 Å². The fraction of sp³-hybridized carbons (Fsp3) is 0.364. The molecule has 3 rings (SSSR count). The number of pyridine rings is 1. The van der Waals surface area contributed by atoms with E-state index >= 15 is 0 Å². The van der Waals surface area contributed by atoms with Crippen LogP contribution in [-0.2, 0) is 4.74 Å². The van der Waals surface area contributed by atoms with E-state index in [1.165, 1.54) is 0 Å². The van der Waals surface area contributed by atoms with Crippen molar-refractivity contribution in [2.75, 3.05) is 31.2 Å². The molecule has 0 aromatic carbocycles. The van der Waals surface area contributed by atoms with E-state index in [4.69, 9.17) is 12.6 Å². The highest BCUT2D eigenvalue weighted by atomic mass is 16.5. The molecule has 0 bridgehead atoms. The zero-order chi connectivity index (χ0) is 11.7. The molecule has 1 fully saturated rings. The second-order valence-corrected chi connectivity index (χ2v) is 3.88. The number of nitrogens with zero attached hydrogens (tertiary/aromatic N) is 4. The molecule has 6 heteroatoms. The normalized spacial score (nSPS) is 16.4. The Kier molecular flexibility index (Phi) is 2.64. The first kappa shape index (κ1) is 10.5. The van der Waals surface area contributed by atoms with Gasteiger partial charge in [0.15, 0.2) is 13.7 Å². The highest BCUT2D eigenvalue weighted by Crippen LogP contribution is 2.20. The highest BCUT2D eigenvalue weighted by Gasteiger charge is 2.16. The second-order valence-electron chi connectivity index (χ2n) is 3.88. The first-order valence-electron chi connectivity index (χ1n) is 5.55. The molecule has 0 amide bonds. The fourth-order valence-electron chi connectivity index (χ4n) is 1.96. The molecule has 5 nitrogen and oxygen atoms in total. The van der Waals surface area contributed by atoms with Crippen molar-refractivity contribution < 1.29 is 4.74 Å². The van der Waals surface area contributed by atoms with E-state index in [0.717, 1.165) is 29.9 Å². The maximum atomic E-state index is 5.72. The molecule has 0 unspecified atom stereocenters. The van der Waals surface area contributed by atoms with Gasteiger partial charge in [0.05, 0.1) is 24.5 Å². The van der Waals surface area contributed by atoms with Crippen LogP contribution in [0.25, 0.3) is 11.0 Å². The predicted octanol–water partition coefficient (Wildman–Crippen LogP) is -0.345. The molecule has 0 N–H and O–H groups in total. The van der Waals surface area contributed by atoms with Crippen molar-refractivity contribution in [2.24, 2.45) is 0 Å². The first-order chi connectivity index (χ1) is 8.34. The third-order valence-electron chi connectivity index (χ3n) is 2.76. The number of rotatable bonds is 1. The van der Waals surface area contributed by atoms with Gasteiger partial charge in [-0.05, 0) is 12.1 Å². The zero-order valence-electron chi connectivity index (χ0n) is 9.33. The largest absolute Gasteiger partial charge is 0.378 e. The minimum absolute atomic E-state index is 0.284. The van der Waals surface area contributed by atoms with Crippen LogP contribution in [0.4, 0.5) is 5.82 Å². The van der Waals surface area contributed by atoms with Crippen molar-refractivity contribution >= 4 is 30.4 Å². The number of anilines is 1. The predicted molar refractivity (Wildman–Crippen MR) is 65.8 cm³/mol. The maximum Gasteiger partial charge on any atom is 0.170 e. The quantitative estimate of drug-likeness (QED) is 0.622. The molecular formula is C11H11BN4O. The van der Waals surface area contributed by atoms with Crippen LogP contribution in [0.1, 0.15) is 0 Å². The smallest absolute Gasteiger partial charge is 0.170 e. The van der Waals surface area contributed by atoms with Gasteiger partial charge in [-0.2, -0.15) is 0 Å². The van der Waals surface area contributed by atoms with Gasteiger partial charge in [-0.25, -0.2) is 9.97 Å². The Morgan fingerprint density at radius 1 is 1.24 bits per heavy atom. The zero-order valence-corrected chi connectivity index (χ0v) is 9.33. The van der Waals surface area contributed by atoms with Crippen molar-refractivity contribution in [3.05, 3.63) is 18.3 Å². The fourth-order valence-corrected chi connectivity index (χ4v) is 1.96. The van der Waals surface area contributed by atoms with E-state index in [1.54, 1.807) is 6.20 Å². The van der Waals surface area contributed by atoms with Crippen molar-refractivity contribution in [3.63, 3.8) is 0 Å². The number of morpholine rings is 1. The second kappa shape index (κ2) is 4.29. The van der Waals surface area contributed by atoms with Crippen LogP contribution in [0.2, 0.25) is 0 Å². The van der Waals surface area contributed by atoms with Crippen LogP contribution in [-0.4, -0.2) is 49.1 Å². The molecule has 0 aliphatic carbocycles. The van der Waals surface area contributed by atoms with Crippen molar-refractivity contribution in [2.45, 2.75) is 0 Å². The van der Waals surface area contributed by atoms with Gasteiger partial charge < -0.3 is 9.64 Å². The third-order valence-corrected chi connectivity index (χ3v) is 2.76. The molecule has 2 aromatic rings. The van der Waals surface area contributed by atoms with Gasteiger partial charge >= 0.3 is 0 Å². The van der Waals surface area contributed by atoms with Crippen molar-refractivity contribution in [1.82, 2.24) is 15.0 Å². The van der Waals surface area contributed by atoms with Gasteiger partial charge in [0.25, 0.3) is 0 Å². The summed E-state index contributed by atoms with van der Waals surface area (Å²) in [5.74, 6) is 0.802. The van der Waals surface area contributed by atoms with Crippen LogP contribution in [0.3, 0.4) is 0 Å². The van der Waals surface area contributed by atoms with Crippen LogP contribution >= 0.6 is 0 Å². The summed E-state index contributed by atoms with van der Waals surface area (Å²) >= 11 is 0. The minimum Gasteiger partial charge on any atom is -0.378 e. The summed E-state index contributed by atoms with van der Waals surface area (Å²) < 4.78 is 5.33. The van der Waals surface area contributed by atoms with Crippen LogP contribution in [0.15, 0.2) is 18.3 Å². The van der Waals surface area contributed by atoms with Gasteiger partial charge in [-0.3, -0.25) is 4.98 Å². The van der Waals surface area contributed by atoms with Gasteiger partial charge in [-0.1, -0.05) is 0 Å². The molecule has 1 aliphatic rings. The van der Waals surface area contributed by atoms with Crippen LogP contribution < -0.4 is 10.6 Å². The van der Waals surface area contributed by atoms with E-state index in [-0.39, 0.29) is 5.72 Å². The Balaban J connectivity index is 2.13. The van der Waals surface area contributed by atoms with Gasteiger partial charge in [0.1, 0.15) is 5.52 Å². The summed E-state index contributed by atoms with van der Waals surface area (Å²) in [6.07, 6.45) is 1.74.